The van der Waals surface area contributed by atoms with Crippen molar-refractivity contribution in [3.63, 3.8) is 0 Å². The van der Waals surface area contributed by atoms with E-state index in [-0.39, 0.29) is 0 Å². The molecule has 0 aliphatic rings. The number of halogens is 1. The van der Waals surface area contributed by atoms with Gasteiger partial charge in [0.05, 0.1) is 0 Å². The van der Waals surface area contributed by atoms with E-state index < -0.39 is 0 Å². The molecule has 11 heavy (non-hydrogen) atoms. The summed E-state index contributed by atoms with van der Waals surface area (Å²) >= 11 is 5.59. The standard InChI is InChI=1S/C10H17Cl/c1-3-6-10(7-4-2)8-5-9-11/h3-4,10H,1-2,5-9H2. The van der Waals surface area contributed by atoms with Crippen molar-refractivity contribution >= 4 is 11.6 Å². The van der Waals surface area contributed by atoms with Gasteiger partial charge in [-0.15, -0.1) is 24.8 Å². The van der Waals surface area contributed by atoms with Crippen LogP contribution in [0.4, 0.5) is 0 Å². The van der Waals surface area contributed by atoms with E-state index in [9.17, 15) is 0 Å². The van der Waals surface area contributed by atoms with E-state index in [4.69, 9.17) is 11.6 Å². The van der Waals surface area contributed by atoms with Crippen LogP contribution in [-0.2, 0) is 0 Å². The molecule has 0 aliphatic carbocycles. The van der Waals surface area contributed by atoms with Crippen LogP contribution in [0.2, 0.25) is 0 Å². The predicted octanol–water partition coefficient (Wildman–Crippen LogP) is 3.77. The Morgan fingerprint density at radius 2 is 1.73 bits per heavy atom. The third kappa shape index (κ3) is 6.18. The third-order valence-electron chi connectivity index (χ3n) is 1.75. The lowest BCUT2D eigenvalue weighted by Gasteiger charge is -2.10. The van der Waals surface area contributed by atoms with Gasteiger partial charge in [0, 0.05) is 5.88 Å². The smallest absolute Gasteiger partial charge is 0.0223 e. The van der Waals surface area contributed by atoms with Crippen molar-refractivity contribution in [1.29, 1.82) is 0 Å². The molecule has 0 N–H and O–H groups in total. The van der Waals surface area contributed by atoms with Gasteiger partial charge in [-0.25, -0.2) is 0 Å². The molecule has 0 aromatic rings. The molecule has 0 fully saturated rings. The van der Waals surface area contributed by atoms with Crippen molar-refractivity contribution in [3.05, 3.63) is 25.3 Å². The topological polar surface area (TPSA) is 0 Å². The Morgan fingerprint density at radius 1 is 1.18 bits per heavy atom. The molecule has 0 aliphatic heterocycles. The fraction of sp³-hybridized carbons (Fsp3) is 0.600. The first-order valence-corrected chi connectivity index (χ1v) is 4.66. The Hall–Kier alpha value is -0.230. The van der Waals surface area contributed by atoms with Gasteiger partial charge in [0.25, 0.3) is 0 Å². The highest BCUT2D eigenvalue weighted by Crippen LogP contribution is 2.16. The van der Waals surface area contributed by atoms with Crippen molar-refractivity contribution in [2.75, 3.05) is 5.88 Å². The van der Waals surface area contributed by atoms with Crippen molar-refractivity contribution in [2.45, 2.75) is 25.7 Å². The van der Waals surface area contributed by atoms with Crippen molar-refractivity contribution in [3.8, 4) is 0 Å². The minimum absolute atomic E-state index is 0.712. The van der Waals surface area contributed by atoms with E-state index in [0.717, 1.165) is 25.1 Å². The lowest BCUT2D eigenvalue weighted by atomic mass is 9.96. The van der Waals surface area contributed by atoms with Crippen LogP contribution < -0.4 is 0 Å². The summed E-state index contributed by atoms with van der Waals surface area (Å²) in [7, 11) is 0. The van der Waals surface area contributed by atoms with Crippen LogP contribution in [-0.4, -0.2) is 5.88 Å². The molecule has 0 aromatic heterocycles. The zero-order valence-corrected chi connectivity index (χ0v) is 7.82. The molecule has 0 bridgehead atoms. The highest BCUT2D eigenvalue weighted by atomic mass is 35.5. The molecule has 0 aromatic carbocycles. The lowest BCUT2D eigenvalue weighted by Crippen LogP contribution is -1.97. The lowest BCUT2D eigenvalue weighted by molar-refractivity contribution is 0.493. The molecule has 0 nitrogen and oxygen atoms in total. The van der Waals surface area contributed by atoms with Crippen LogP contribution in [0.1, 0.15) is 25.7 Å². The highest BCUT2D eigenvalue weighted by molar-refractivity contribution is 6.17. The first-order chi connectivity index (χ1) is 5.35. The second kappa shape index (κ2) is 7.87. The number of alkyl halides is 1. The first kappa shape index (κ1) is 10.8. The van der Waals surface area contributed by atoms with Crippen molar-refractivity contribution < 1.29 is 0 Å². The van der Waals surface area contributed by atoms with E-state index in [1.165, 1.54) is 6.42 Å². The molecule has 0 radical (unpaired) electrons. The van der Waals surface area contributed by atoms with Gasteiger partial charge in [0.1, 0.15) is 0 Å². The van der Waals surface area contributed by atoms with Gasteiger partial charge in [-0.05, 0) is 31.6 Å². The SMILES string of the molecule is C=CCC(CC=C)CCCCl. The number of allylic oxidation sites excluding steroid dienone is 2. The molecule has 0 heterocycles. The molecule has 0 rings (SSSR count). The Labute approximate surface area is 74.9 Å². The zero-order chi connectivity index (χ0) is 8.53. The van der Waals surface area contributed by atoms with Crippen molar-refractivity contribution in [2.24, 2.45) is 5.92 Å². The normalized spacial score (nSPS) is 10.0. The maximum atomic E-state index is 5.59. The van der Waals surface area contributed by atoms with E-state index in [1.807, 2.05) is 12.2 Å². The molecule has 0 saturated carbocycles. The summed E-state index contributed by atoms with van der Waals surface area (Å²) in [4.78, 5) is 0. The summed E-state index contributed by atoms with van der Waals surface area (Å²) in [6.07, 6.45) is 8.42. The summed E-state index contributed by atoms with van der Waals surface area (Å²) in [6.45, 7) is 7.45. The third-order valence-corrected chi connectivity index (χ3v) is 2.01. The number of hydrogen-bond donors (Lipinski definition) is 0. The minimum Gasteiger partial charge on any atom is -0.127 e. The van der Waals surface area contributed by atoms with Crippen LogP contribution in [0.3, 0.4) is 0 Å². The maximum absolute atomic E-state index is 5.59. The molecule has 64 valence electrons. The summed E-state index contributed by atoms with van der Waals surface area (Å²) in [5.74, 6) is 1.48. The van der Waals surface area contributed by atoms with E-state index in [2.05, 4.69) is 13.2 Å². The average molecular weight is 173 g/mol. The summed E-state index contributed by atoms with van der Waals surface area (Å²) in [5.41, 5.74) is 0. The zero-order valence-electron chi connectivity index (χ0n) is 7.06. The van der Waals surface area contributed by atoms with Gasteiger partial charge < -0.3 is 0 Å². The molecule has 0 amide bonds. The largest absolute Gasteiger partial charge is 0.127 e. The van der Waals surface area contributed by atoms with Gasteiger partial charge in [-0.2, -0.15) is 0 Å². The molecule has 0 unspecified atom stereocenters. The van der Waals surface area contributed by atoms with Gasteiger partial charge in [-0.1, -0.05) is 12.2 Å². The minimum atomic E-state index is 0.712. The molecule has 0 spiro atoms. The van der Waals surface area contributed by atoms with Crippen LogP contribution in [0.25, 0.3) is 0 Å². The quantitative estimate of drug-likeness (QED) is 0.405. The Balaban J connectivity index is 3.49. The fourth-order valence-electron chi connectivity index (χ4n) is 1.17. The number of rotatable bonds is 7. The summed E-state index contributed by atoms with van der Waals surface area (Å²) < 4.78 is 0. The van der Waals surface area contributed by atoms with Crippen LogP contribution in [0.15, 0.2) is 25.3 Å². The second-order valence-corrected chi connectivity index (χ2v) is 3.12. The summed E-state index contributed by atoms with van der Waals surface area (Å²) in [5, 5.41) is 0. The van der Waals surface area contributed by atoms with Gasteiger partial charge in [-0.3, -0.25) is 0 Å². The fourth-order valence-corrected chi connectivity index (χ4v) is 1.32. The second-order valence-electron chi connectivity index (χ2n) is 2.75. The molecular weight excluding hydrogens is 156 g/mol. The Morgan fingerprint density at radius 3 is 2.09 bits per heavy atom. The Kier molecular flexibility index (Phi) is 7.71. The summed E-state index contributed by atoms with van der Waals surface area (Å²) in [6, 6.07) is 0. The molecule has 0 atom stereocenters. The maximum Gasteiger partial charge on any atom is 0.0223 e. The van der Waals surface area contributed by atoms with Crippen LogP contribution >= 0.6 is 11.6 Å². The number of hydrogen-bond acceptors (Lipinski definition) is 0. The first-order valence-electron chi connectivity index (χ1n) is 4.12. The molecule has 0 saturated heterocycles. The molecular formula is C10H17Cl. The Bertz CT molecular complexity index is 97.4. The van der Waals surface area contributed by atoms with Gasteiger partial charge in [0.15, 0.2) is 0 Å². The van der Waals surface area contributed by atoms with Crippen LogP contribution in [0.5, 0.6) is 0 Å². The average Bonchev–Trinajstić information content (AvgIpc) is 2.01. The van der Waals surface area contributed by atoms with Gasteiger partial charge in [0.2, 0.25) is 0 Å². The van der Waals surface area contributed by atoms with Gasteiger partial charge >= 0.3 is 0 Å². The van der Waals surface area contributed by atoms with E-state index in [1.54, 1.807) is 0 Å². The van der Waals surface area contributed by atoms with Crippen LogP contribution in [0, 0.1) is 5.92 Å². The predicted molar refractivity (Wildman–Crippen MR) is 53.1 cm³/mol. The monoisotopic (exact) mass is 172 g/mol. The molecule has 1 heteroatoms. The van der Waals surface area contributed by atoms with E-state index >= 15 is 0 Å². The van der Waals surface area contributed by atoms with E-state index in [0.29, 0.717) is 5.92 Å². The highest BCUT2D eigenvalue weighted by Gasteiger charge is 2.02. The van der Waals surface area contributed by atoms with Crippen molar-refractivity contribution in [1.82, 2.24) is 0 Å².